The zero-order chi connectivity index (χ0) is 13.7. The van der Waals surface area contributed by atoms with Gasteiger partial charge in [0, 0.05) is 24.9 Å². The van der Waals surface area contributed by atoms with E-state index < -0.39 is 0 Å². The molecule has 0 aromatic carbocycles. The van der Waals surface area contributed by atoms with Crippen molar-refractivity contribution in [3.8, 4) is 0 Å². The molecule has 4 heteroatoms. The molecule has 0 saturated heterocycles. The number of H-pyrrole nitrogens is 1. The van der Waals surface area contributed by atoms with Crippen molar-refractivity contribution < 1.29 is 0 Å². The maximum absolute atomic E-state index is 11.7. The van der Waals surface area contributed by atoms with Crippen molar-refractivity contribution in [3.05, 3.63) is 27.9 Å². The van der Waals surface area contributed by atoms with E-state index in [9.17, 15) is 4.79 Å². The van der Waals surface area contributed by atoms with Crippen molar-refractivity contribution in [2.24, 2.45) is 0 Å². The van der Waals surface area contributed by atoms with Crippen molar-refractivity contribution in [3.63, 3.8) is 0 Å². The van der Waals surface area contributed by atoms with Crippen LogP contribution in [0, 0.1) is 0 Å². The minimum atomic E-state index is 0.00597. The summed E-state index contributed by atoms with van der Waals surface area (Å²) < 4.78 is 0. The van der Waals surface area contributed by atoms with E-state index >= 15 is 0 Å². The summed E-state index contributed by atoms with van der Waals surface area (Å²) in [6, 6.07) is 1.69. The molecule has 0 aliphatic heterocycles. The average Bonchev–Trinajstić information content (AvgIpc) is 2.93. The van der Waals surface area contributed by atoms with Crippen LogP contribution in [0.1, 0.15) is 57.0 Å². The molecule has 1 aliphatic carbocycles. The van der Waals surface area contributed by atoms with Gasteiger partial charge >= 0.3 is 0 Å². The summed E-state index contributed by atoms with van der Waals surface area (Å²) in [6.45, 7) is 7.37. The Morgan fingerprint density at radius 1 is 1.32 bits per heavy atom. The zero-order valence-corrected chi connectivity index (χ0v) is 12.1. The predicted molar refractivity (Wildman–Crippen MR) is 77.6 cm³/mol. The van der Waals surface area contributed by atoms with Crippen LogP contribution in [0.2, 0.25) is 0 Å². The van der Waals surface area contributed by atoms with Crippen LogP contribution in [0.3, 0.4) is 0 Å². The fourth-order valence-corrected chi connectivity index (χ4v) is 2.88. The Hall–Kier alpha value is -1.16. The summed E-state index contributed by atoms with van der Waals surface area (Å²) in [7, 11) is 0. The van der Waals surface area contributed by atoms with Crippen LogP contribution in [0.5, 0.6) is 0 Å². The van der Waals surface area contributed by atoms with Gasteiger partial charge in [-0.2, -0.15) is 0 Å². The van der Waals surface area contributed by atoms with Gasteiger partial charge in [-0.25, -0.2) is 4.98 Å². The molecule has 0 atom stereocenters. The quantitative estimate of drug-likeness (QED) is 0.857. The molecular formula is C15H25N3O. The molecule has 0 spiro atoms. The van der Waals surface area contributed by atoms with Gasteiger partial charge in [-0.15, -0.1) is 0 Å². The molecule has 106 valence electrons. The third-order valence-corrected chi connectivity index (χ3v) is 4.14. The highest BCUT2D eigenvalue weighted by molar-refractivity contribution is 5.10. The Morgan fingerprint density at radius 3 is 2.63 bits per heavy atom. The first-order valence-corrected chi connectivity index (χ1v) is 7.55. The fraction of sp³-hybridized carbons (Fsp3) is 0.733. The molecular weight excluding hydrogens is 238 g/mol. The van der Waals surface area contributed by atoms with E-state index in [4.69, 9.17) is 0 Å². The van der Waals surface area contributed by atoms with Gasteiger partial charge in [0.05, 0.1) is 5.69 Å². The monoisotopic (exact) mass is 263 g/mol. The summed E-state index contributed by atoms with van der Waals surface area (Å²) in [4.78, 5) is 21.6. The first-order valence-electron chi connectivity index (χ1n) is 7.55. The van der Waals surface area contributed by atoms with E-state index in [1.165, 1.54) is 25.7 Å². The lowest BCUT2D eigenvalue weighted by Crippen LogP contribution is -2.26. The molecule has 1 aromatic heterocycles. The SMILES string of the molecule is CCN(CC)CCc1nc(C2CCCC2)cc(=O)[nH]1. The van der Waals surface area contributed by atoms with E-state index in [0.717, 1.165) is 37.6 Å². The van der Waals surface area contributed by atoms with Crippen molar-refractivity contribution in [1.82, 2.24) is 14.9 Å². The van der Waals surface area contributed by atoms with Crippen LogP contribution in [-0.4, -0.2) is 34.5 Å². The Balaban J connectivity index is 2.06. The highest BCUT2D eigenvalue weighted by Gasteiger charge is 2.19. The van der Waals surface area contributed by atoms with Crippen molar-refractivity contribution in [1.29, 1.82) is 0 Å². The van der Waals surface area contributed by atoms with Gasteiger partial charge in [-0.05, 0) is 25.9 Å². The maximum atomic E-state index is 11.7. The summed E-state index contributed by atoms with van der Waals surface area (Å²) in [5, 5.41) is 0. The normalized spacial score (nSPS) is 16.4. The van der Waals surface area contributed by atoms with Crippen LogP contribution in [-0.2, 0) is 6.42 Å². The molecule has 1 aliphatic rings. The molecule has 0 amide bonds. The van der Waals surface area contributed by atoms with Crippen LogP contribution >= 0.6 is 0 Å². The minimum absolute atomic E-state index is 0.00597. The number of hydrogen-bond donors (Lipinski definition) is 1. The molecule has 1 heterocycles. The van der Waals surface area contributed by atoms with E-state index in [1.54, 1.807) is 6.07 Å². The Morgan fingerprint density at radius 2 is 2.00 bits per heavy atom. The minimum Gasteiger partial charge on any atom is -0.311 e. The molecule has 19 heavy (non-hydrogen) atoms. The van der Waals surface area contributed by atoms with Gasteiger partial charge in [0.15, 0.2) is 0 Å². The van der Waals surface area contributed by atoms with Gasteiger partial charge in [-0.3, -0.25) is 4.79 Å². The number of rotatable bonds is 6. The van der Waals surface area contributed by atoms with Gasteiger partial charge in [0.1, 0.15) is 5.82 Å². The highest BCUT2D eigenvalue weighted by Crippen LogP contribution is 2.32. The van der Waals surface area contributed by atoms with E-state index in [1.807, 2.05) is 0 Å². The molecule has 0 radical (unpaired) electrons. The third kappa shape index (κ3) is 3.90. The molecule has 1 N–H and O–H groups in total. The lowest BCUT2D eigenvalue weighted by molar-refractivity contribution is 0.305. The molecule has 2 rings (SSSR count). The first-order chi connectivity index (χ1) is 9.22. The number of nitrogens with zero attached hydrogens (tertiary/aromatic N) is 2. The number of likely N-dealkylation sites (N-methyl/N-ethyl adjacent to an activating group) is 1. The fourth-order valence-electron chi connectivity index (χ4n) is 2.88. The molecule has 1 fully saturated rings. The van der Waals surface area contributed by atoms with Gasteiger partial charge in [-0.1, -0.05) is 26.7 Å². The van der Waals surface area contributed by atoms with E-state index in [-0.39, 0.29) is 5.56 Å². The molecule has 0 bridgehead atoms. The van der Waals surface area contributed by atoms with E-state index in [2.05, 4.69) is 28.7 Å². The van der Waals surface area contributed by atoms with Crippen LogP contribution in [0.4, 0.5) is 0 Å². The predicted octanol–water partition coefficient (Wildman–Crippen LogP) is 2.31. The third-order valence-electron chi connectivity index (χ3n) is 4.14. The van der Waals surface area contributed by atoms with Gasteiger partial charge < -0.3 is 9.88 Å². The topological polar surface area (TPSA) is 49.0 Å². The lowest BCUT2D eigenvalue weighted by Gasteiger charge is -2.17. The van der Waals surface area contributed by atoms with E-state index in [0.29, 0.717) is 5.92 Å². The standard InChI is InChI=1S/C15H25N3O/c1-3-18(4-2)10-9-14-16-13(11-15(19)17-14)12-7-5-6-8-12/h11-12H,3-10H2,1-2H3,(H,16,17,19). The summed E-state index contributed by atoms with van der Waals surface area (Å²) in [6.07, 6.45) is 5.75. The zero-order valence-electron chi connectivity index (χ0n) is 12.1. The molecule has 1 aromatic rings. The van der Waals surface area contributed by atoms with Crippen LogP contribution < -0.4 is 5.56 Å². The number of aromatic amines is 1. The second kappa shape index (κ2) is 6.85. The molecule has 1 saturated carbocycles. The van der Waals surface area contributed by atoms with Gasteiger partial charge in [0.2, 0.25) is 0 Å². The highest BCUT2D eigenvalue weighted by atomic mass is 16.1. The van der Waals surface area contributed by atoms with Crippen molar-refractivity contribution >= 4 is 0 Å². The Labute approximate surface area is 115 Å². The second-order valence-corrected chi connectivity index (χ2v) is 5.38. The lowest BCUT2D eigenvalue weighted by atomic mass is 10.0. The summed E-state index contributed by atoms with van der Waals surface area (Å²) in [5.41, 5.74) is 1.02. The summed E-state index contributed by atoms with van der Waals surface area (Å²) >= 11 is 0. The van der Waals surface area contributed by atoms with Crippen LogP contribution in [0.15, 0.2) is 10.9 Å². The maximum Gasteiger partial charge on any atom is 0.251 e. The average molecular weight is 263 g/mol. The molecule has 4 nitrogen and oxygen atoms in total. The first kappa shape index (κ1) is 14.3. The van der Waals surface area contributed by atoms with Crippen LogP contribution in [0.25, 0.3) is 0 Å². The van der Waals surface area contributed by atoms with Gasteiger partial charge in [0.25, 0.3) is 5.56 Å². The molecule has 0 unspecified atom stereocenters. The largest absolute Gasteiger partial charge is 0.311 e. The Bertz CT molecular complexity index is 445. The summed E-state index contributed by atoms with van der Waals surface area (Å²) in [5.74, 6) is 1.36. The Kier molecular flexibility index (Phi) is 5.14. The smallest absolute Gasteiger partial charge is 0.251 e. The number of hydrogen-bond acceptors (Lipinski definition) is 3. The van der Waals surface area contributed by atoms with Crippen molar-refractivity contribution in [2.45, 2.75) is 51.9 Å². The van der Waals surface area contributed by atoms with Crippen molar-refractivity contribution in [2.75, 3.05) is 19.6 Å². The number of aromatic nitrogens is 2. The second-order valence-electron chi connectivity index (χ2n) is 5.38. The number of nitrogens with one attached hydrogen (secondary N) is 1.